The third-order valence-corrected chi connectivity index (χ3v) is 3.71. The topological polar surface area (TPSA) is 68.1 Å². The molecule has 0 aromatic carbocycles. The average Bonchev–Trinajstić information content (AvgIpc) is 2.51. The summed E-state index contributed by atoms with van der Waals surface area (Å²) in [4.78, 5) is 3.88. The molecule has 110 valence electrons. The highest BCUT2D eigenvalue weighted by atomic mass is 32.2. The van der Waals surface area contributed by atoms with E-state index in [1.165, 1.54) is 14.0 Å². The second-order valence-corrected chi connectivity index (χ2v) is 6.27. The summed E-state index contributed by atoms with van der Waals surface area (Å²) in [7, 11) is -2.01. The Labute approximate surface area is 109 Å². The monoisotopic (exact) mass is 300 g/mol. The molecular formula is C9H15F3N4O2S. The van der Waals surface area contributed by atoms with E-state index in [9.17, 15) is 21.6 Å². The van der Waals surface area contributed by atoms with Crippen LogP contribution in [0.2, 0.25) is 0 Å². The Kier molecular flexibility index (Phi) is 4.56. The maximum Gasteiger partial charge on any atom is 0.408 e. The minimum Gasteiger partial charge on any atom is -0.241 e. The van der Waals surface area contributed by atoms with E-state index in [1.807, 2.05) is 0 Å². The highest BCUT2D eigenvalue weighted by Gasteiger charge is 2.30. The van der Waals surface area contributed by atoms with E-state index in [0.29, 0.717) is 0 Å². The summed E-state index contributed by atoms with van der Waals surface area (Å²) in [6, 6.07) is 0. The van der Waals surface area contributed by atoms with Crippen LogP contribution in [-0.4, -0.2) is 53.5 Å². The van der Waals surface area contributed by atoms with Gasteiger partial charge < -0.3 is 0 Å². The van der Waals surface area contributed by atoms with Gasteiger partial charge in [-0.3, -0.25) is 0 Å². The van der Waals surface area contributed by atoms with Gasteiger partial charge in [-0.15, -0.1) is 0 Å². The molecule has 0 saturated carbocycles. The van der Waals surface area contributed by atoms with Crippen molar-refractivity contribution in [3.63, 3.8) is 0 Å². The summed E-state index contributed by atoms with van der Waals surface area (Å²) in [6.07, 6.45) is -3.29. The lowest BCUT2D eigenvalue weighted by atomic mass is 10.4. The summed E-state index contributed by atoms with van der Waals surface area (Å²) in [5, 5.41) is 3.65. The van der Waals surface area contributed by atoms with Crippen molar-refractivity contribution in [3.8, 4) is 0 Å². The quantitative estimate of drug-likeness (QED) is 0.798. The van der Waals surface area contributed by atoms with Crippen LogP contribution in [0.3, 0.4) is 0 Å². The van der Waals surface area contributed by atoms with Gasteiger partial charge in [-0.25, -0.2) is 22.4 Å². The molecule has 0 N–H and O–H groups in total. The first-order valence-electron chi connectivity index (χ1n) is 5.37. The zero-order valence-electron chi connectivity index (χ0n) is 10.8. The van der Waals surface area contributed by atoms with Gasteiger partial charge in [-0.1, -0.05) is 0 Å². The first-order valence-corrected chi connectivity index (χ1v) is 7.22. The molecule has 0 atom stereocenters. The molecule has 19 heavy (non-hydrogen) atoms. The van der Waals surface area contributed by atoms with E-state index in [1.54, 1.807) is 0 Å². The van der Waals surface area contributed by atoms with E-state index in [2.05, 4.69) is 10.1 Å². The van der Waals surface area contributed by atoms with Crippen LogP contribution in [0.4, 0.5) is 13.2 Å². The van der Waals surface area contributed by atoms with Crippen LogP contribution in [0.25, 0.3) is 0 Å². The lowest BCUT2D eigenvalue weighted by molar-refractivity contribution is -0.143. The number of halogens is 3. The van der Waals surface area contributed by atoms with Crippen molar-refractivity contribution in [2.24, 2.45) is 0 Å². The van der Waals surface area contributed by atoms with Gasteiger partial charge in [0.05, 0.1) is 6.26 Å². The molecule has 1 heterocycles. The highest BCUT2D eigenvalue weighted by Crippen LogP contribution is 2.18. The van der Waals surface area contributed by atoms with Crippen molar-refractivity contribution in [1.82, 2.24) is 19.1 Å². The van der Waals surface area contributed by atoms with Gasteiger partial charge in [0.15, 0.2) is 0 Å². The maximum absolute atomic E-state index is 12.3. The number of sulfonamides is 1. The Morgan fingerprint density at radius 2 is 1.95 bits per heavy atom. The van der Waals surface area contributed by atoms with E-state index in [0.717, 1.165) is 15.2 Å². The fourth-order valence-corrected chi connectivity index (χ4v) is 1.83. The fourth-order valence-electron chi connectivity index (χ4n) is 1.40. The smallest absolute Gasteiger partial charge is 0.241 e. The van der Waals surface area contributed by atoms with Gasteiger partial charge in [-0.05, 0) is 6.92 Å². The second kappa shape index (κ2) is 5.45. The zero-order valence-corrected chi connectivity index (χ0v) is 11.6. The van der Waals surface area contributed by atoms with Crippen LogP contribution >= 0.6 is 0 Å². The summed E-state index contributed by atoms with van der Waals surface area (Å²) in [5.74, 6) is 0.339. The molecule has 6 nitrogen and oxygen atoms in total. The average molecular weight is 300 g/mol. The predicted molar refractivity (Wildman–Crippen MR) is 62.0 cm³/mol. The standard InChI is InChI=1S/C9H15F3N4O2S/c1-7-13-8(4-5-15(2)19(3,17)18)16(14-7)6-9(10,11)12/h4-6H2,1-3H3. The Balaban J connectivity index is 2.79. The summed E-state index contributed by atoms with van der Waals surface area (Å²) in [6.45, 7) is 0.303. The van der Waals surface area contributed by atoms with Crippen LogP contribution in [0.15, 0.2) is 0 Å². The van der Waals surface area contributed by atoms with Crippen molar-refractivity contribution in [3.05, 3.63) is 11.6 Å². The molecule has 0 radical (unpaired) electrons. The third-order valence-electron chi connectivity index (χ3n) is 2.40. The molecule has 0 amide bonds. The molecule has 0 saturated heterocycles. The summed E-state index contributed by atoms with van der Waals surface area (Å²) in [5.41, 5.74) is 0. The Morgan fingerprint density at radius 1 is 1.37 bits per heavy atom. The molecule has 1 aromatic rings. The van der Waals surface area contributed by atoms with Gasteiger partial charge in [-0.2, -0.15) is 18.3 Å². The van der Waals surface area contributed by atoms with E-state index >= 15 is 0 Å². The Bertz CT molecular complexity index is 538. The highest BCUT2D eigenvalue weighted by molar-refractivity contribution is 7.88. The van der Waals surface area contributed by atoms with Gasteiger partial charge in [0.2, 0.25) is 10.0 Å². The molecule has 0 spiro atoms. The largest absolute Gasteiger partial charge is 0.408 e. The number of aromatic nitrogens is 3. The number of rotatable bonds is 5. The van der Waals surface area contributed by atoms with Crippen LogP contribution in [0, 0.1) is 6.92 Å². The minimum absolute atomic E-state index is 0.0504. The van der Waals surface area contributed by atoms with Crippen LogP contribution in [-0.2, 0) is 23.0 Å². The molecular weight excluding hydrogens is 285 g/mol. The van der Waals surface area contributed by atoms with Crippen LogP contribution in [0.5, 0.6) is 0 Å². The van der Waals surface area contributed by atoms with Gasteiger partial charge in [0.25, 0.3) is 0 Å². The number of nitrogens with zero attached hydrogens (tertiary/aromatic N) is 4. The normalized spacial score (nSPS) is 13.2. The Hall–Kier alpha value is -1.16. The lowest BCUT2D eigenvalue weighted by Gasteiger charge is -2.14. The van der Waals surface area contributed by atoms with Crippen LogP contribution < -0.4 is 0 Å². The summed E-state index contributed by atoms with van der Waals surface area (Å²) < 4.78 is 61.1. The fraction of sp³-hybridized carbons (Fsp3) is 0.778. The molecule has 0 bridgehead atoms. The summed E-state index contributed by atoms with van der Waals surface area (Å²) >= 11 is 0. The van der Waals surface area contributed by atoms with E-state index in [4.69, 9.17) is 0 Å². The molecule has 10 heteroatoms. The van der Waals surface area contributed by atoms with E-state index in [-0.39, 0.29) is 24.6 Å². The van der Waals surface area contributed by atoms with Crippen LogP contribution in [0.1, 0.15) is 11.6 Å². The van der Waals surface area contributed by atoms with Crippen molar-refractivity contribution < 1.29 is 21.6 Å². The molecule has 1 aromatic heterocycles. The first-order chi connectivity index (χ1) is 8.49. The third kappa shape index (κ3) is 5.15. The molecule has 0 aliphatic heterocycles. The van der Waals surface area contributed by atoms with Gasteiger partial charge in [0.1, 0.15) is 18.2 Å². The molecule has 0 aliphatic rings. The number of likely N-dealkylation sites (N-methyl/N-ethyl adjacent to an activating group) is 1. The van der Waals surface area contributed by atoms with Crippen molar-refractivity contribution in [1.29, 1.82) is 0 Å². The Morgan fingerprint density at radius 3 is 2.42 bits per heavy atom. The lowest BCUT2D eigenvalue weighted by Crippen LogP contribution is -2.29. The van der Waals surface area contributed by atoms with Crippen molar-refractivity contribution >= 4 is 10.0 Å². The zero-order chi connectivity index (χ0) is 14.8. The molecule has 1 rings (SSSR count). The van der Waals surface area contributed by atoms with Gasteiger partial charge >= 0.3 is 6.18 Å². The molecule has 0 fully saturated rings. The number of alkyl halides is 3. The minimum atomic E-state index is -4.39. The first kappa shape index (κ1) is 15.9. The van der Waals surface area contributed by atoms with Crippen molar-refractivity contribution in [2.45, 2.75) is 26.1 Å². The maximum atomic E-state index is 12.3. The van der Waals surface area contributed by atoms with Crippen molar-refractivity contribution in [2.75, 3.05) is 19.8 Å². The molecule has 0 unspecified atom stereocenters. The van der Waals surface area contributed by atoms with Gasteiger partial charge in [0, 0.05) is 20.0 Å². The number of hydrogen-bond acceptors (Lipinski definition) is 4. The number of aryl methyl sites for hydroxylation is 1. The predicted octanol–water partition coefficient (Wildman–Crippen LogP) is 0.583. The van der Waals surface area contributed by atoms with E-state index < -0.39 is 22.7 Å². The molecule has 0 aliphatic carbocycles. The second-order valence-electron chi connectivity index (χ2n) is 4.18. The SMILES string of the molecule is Cc1nc(CCN(C)S(C)(=O)=O)n(CC(F)(F)F)n1. The number of hydrogen-bond donors (Lipinski definition) is 0.